The molecule has 3 aromatic rings. The topological polar surface area (TPSA) is 45.8 Å². The van der Waals surface area contributed by atoms with Crippen LogP contribution >= 0.6 is 11.3 Å². The van der Waals surface area contributed by atoms with Crippen LogP contribution in [0.1, 0.15) is 0 Å². The average molecular weight is 228 g/mol. The summed E-state index contributed by atoms with van der Waals surface area (Å²) < 4.78 is 1.24. The van der Waals surface area contributed by atoms with Crippen molar-refractivity contribution < 1.29 is 0 Å². The molecule has 2 aromatic heterocycles. The van der Waals surface area contributed by atoms with E-state index >= 15 is 0 Å². The minimum absolute atomic E-state index is 0.315. The lowest BCUT2D eigenvalue weighted by atomic mass is 10.2. The van der Waals surface area contributed by atoms with Crippen molar-refractivity contribution >= 4 is 21.4 Å². The van der Waals surface area contributed by atoms with E-state index < -0.39 is 0 Å². The van der Waals surface area contributed by atoms with Crippen LogP contribution in [0.15, 0.2) is 47.5 Å². The Kier molecular flexibility index (Phi) is 2.08. The smallest absolute Gasteiger partial charge is 0.312 e. The molecule has 0 saturated carbocycles. The van der Waals surface area contributed by atoms with Crippen LogP contribution < -0.4 is 5.69 Å². The zero-order chi connectivity index (χ0) is 11.0. The number of nitrogens with one attached hydrogen (secondary N) is 1. The van der Waals surface area contributed by atoms with Gasteiger partial charge >= 0.3 is 5.69 Å². The van der Waals surface area contributed by atoms with Gasteiger partial charge in [0.2, 0.25) is 0 Å². The Morgan fingerprint density at radius 3 is 2.88 bits per heavy atom. The Morgan fingerprint density at radius 2 is 2.12 bits per heavy atom. The van der Waals surface area contributed by atoms with E-state index in [-0.39, 0.29) is 5.69 Å². The molecule has 0 aliphatic heterocycles. The molecule has 3 nitrogen and oxygen atoms in total. The minimum atomic E-state index is -0.315. The van der Waals surface area contributed by atoms with E-state index in [9.17, 15) is 4.79 Å². The lowest BCUT2D eigenvalue weighted by molar-refractivity contribution is 1.08. The molecule has 16 heavy (non-hydrogen) atoms. The van der Waals surface area contributed by atoms with Gasteiger partial charge in [0.25, 0.3) is 0 Å². The Morgan fingerprint density at radius 1 is 1.25 bits per heavy atom. The van der Waals surface area contributed by atoms with Gasteiger partial charge < -0.3 is 4.98 Å². The largest absolute Gasteiger partial charge is 0.344 e. The van der Waals surface area contributed by atoms with E-state index in [1.54, 1.807) is 23.7 Å². The van der Waals surface area contributed by atoms with Crippen LogP contribution in [0, 0.1) is 0 Å². The van der Waals surface area contributed by atoms with E-state index in [1.165, 1.54) is 10.1 Å². The summed E-state index contributed by atoms with van der Waals surface area (Å²) in [6, 6.07) is 10.3. The van der Waals surface area contributed by atoms with E-state index in [2.05, 4.69) is 28.2 Å². The standard InChI is InChI=1S/C12H8N2OS/c15-12-13-6-9(7-14-12)11-5-8-3-1-2-4-10(8)16-11/h1-7H,(H,13,14,15). The quantitative estimate of drug-likeness (QED) is 0.696. The Bertz CT molecular complexity index is 646. The summed E-state index contributed by atoms with van der Waals surface area (Å²) in [6.45, 7) is 0. The fourth-order valence-corrected chi connectivity index (χ4v) is 2.64. The van der Waals surface area contributed by atoms with Gasteiger partial charge in [0, 0.05) is 27.5 Å². The van der Waals surface area contributed by atoms with Crippen molar-refractivity contribution in [3.63, 3.8) is 0 Å². The highest BCUT2D eigenvalue weighted by Gasteiger charge is 2.03. The highest BCUT2D eigenvalue weighted by atomic mass is 32.1. The van der Waals surface area contributed by atoms with Crippen LogP contribution in [-0.4, -0.2) is 9.97 Å². The van der Waals surface area contributed by atoms with Crippen molar-refractivity contribution in [1.82, 2.24) is 9.97 Å². The summed E-state index contributed by atoms with van der Waals surface area (Å²) >= 11 is 1.69. The monoisotopic (exact) mass is 228 g/mol. The summed E-state index contributed by atoms with van der Waals surface area (Å²) in [5.74, 6) is 0. The van der Waals surface area contributed by atoms with E-state index in [0.717, 1.165) is 10.4 Å². The molecule has 0 aliphatic rings. The molecule has 0 unspecified atom stereocenters. The van der Waals surface area contributed by atoms with Gasteiger partial charge in [0.1, 0.15) is 0 Å². The average Bonchev–Trinajstić information content (AvgIpc) is 2.73. The molecule has 1 aromatic carbocycles. The number of hydrogen-bond donors (Lipinski definition) is 1. The van der Waals surface area contributed by atoms with Crippen LogP contribution in [0.25, 0.3) is 20.5 Å². The van der Waals surface area contributed by atoms with Crippen molar-refractivity contribution in [2.24, 2.45) is 0 Å². The fraction of sp³-hybridized carbons (Fsp3) is 0. The van der Waals surface area contributed by atoms with E-state index in [0.29, 0.717) is 0 Å². The third-order valence-electron chi connectivity index (χ3n) is 2.38. The van der Waals surface area contributed by atoms with Crippen molar-refractivity contribution in [2.45, 2.75) is 0 Å². The van der Waals surface area contributed by atoms with Crippen LogP contribution in [-0.2, 0) is 0 Å². The first kappa shape index (κ1) is 9.30. The number of rotatable bonds is 1. The van der Waals surface area contributed by atoms with Gasteiger partial charge in [-0.3, -0.25) is 0 Å². The van der Waals surface area contributed by atoms with Gasteiger partial charge in [0.05, 0.1) is 0 Å². The third kappa shape index (κ3) is 1.53. The maximum atomic E-state index is 10.9. The van der Waals surface area contributed by atoms with Gasteiger partial charge in [-0.05, 0) is 17.5 Å². The zero-order valence-electron chi connectivity index (χ0n) is 8.31. The number of fused-ring (bicyclic) bond motifs is 1. The van der Waals surface area contributed by atoms with Crippen molar-refractivity contribution in [2.75, 3.05) is 0 Å². The second kappa shape index (κ2) is 3.57. The van der Waals surface area contributed by atoms with Crippen LogP contribution in [0.4, 0.5) is 0 Å². The van der Waals surface area contributed by atoms with Crippen molar-refractivity contribution in [3.8, 4) is 10.4 Å². The number of thiophene rings is 1. The molecule has 0 fully saturated rings. The summed E-state index contributed by atoms with van der Waals surface area (Å²) in [4.78, 5) is 18.3. The second-order valence-corrected chi connectivity index (χ2v) is 4.54. The second-order valence-electron chi connectivity index (χ2n) is 3.46. The molecule has 0 amide bonds. The summed E-state index contributed by atoms with van der Waals surface area (Å²) in [5.41, 5.74) is 0.630. The summed E-state index contributed by atoms with van der Waals surface area (Å²) in [7, 11) is 0. The number of nitrogens with zero attached hydrogens (tertiary/aromatic N) is 1. The van der Waals surface area contributed by atoms with Crippen molar-refractivity contribution in [3.05, 3.63) is 53.2 Å². The predicted octanol–water partition coefficient (Wildman–Crippen LogP) is 2.65. The van der Waals surface area contributed by atoms with Gasteiger partial charge in [-0.25, -0.2) is 9.78 Å². The van der Waals surface area contributed by atoms with Gasteiger partial charge in [0.15, 0.2) is 0 Å². The molecule has 0 radical (unpaired) electrons. The lowest BCUT2D eigenvalue weighted by Crippen LogP contribution is -2.07. The van der Waals surface area contributed by atoms with Gasteiger partial charge in [-0.1, -0.05) is 18.2 Å². The molecule has 4 heteroatoms. The molecule has 0 atom stereocenters. The maximum absolute atomic E-state index is 10.9. The lowest BCUT2D eigenvalue weighted by Gasteiger charge is -1.92. The molecule has 0 spiro atoms. The van der Waals surface area contributed by atoms with E-state index in [1.807, 2.05) is 12.1 Å². The molecule has 0 bridgehead atoms. The predicted molar refractivity (Wildman–Crippen MR) is 65.7 cm³/mol. The van der Waals surface area contributed by atoms with Gasteiger partial charge in [-0.2, -0.15) is 0 Å². The number of H-pyrrole nitrogens is 1. The fourth-order valence-electron chi connectivity index (χ4n) is 1.60. The van der Waals surface area contributed by atoms with Crippen LogP contribution in [0.3, 0.4) is 0 Å². The molecule has 0 aliphatic carbocycles. The molecular formula is C12H8N2OS. The molecule has 2 heterocycles. The minimum Gasteiger partial charge on any atom is -0.312 e. The molecular weight excluding hydrogens is 220 g/mol. The first-order valence-corrected chi connectivity index (χ1v) is 5.68. The number of benzene rings is 1. The van der Waals surface area contributed by atoms with Gasteiger partial charge in [-0.15, -0.1) is 11.3 Å². The summed E-state index contributed by atoms with van der Waals surface area (Å²) in [5, 5.41) is 1.22. The Balaban J connectivity index is 2.19. The SMILES string of the molecule is O=c1ncc(-c2cc3ccccc3s2)c[nH]1. The first-order chi connectivity index (χ1) is 7.83. The summed E-state index contributed by atoms with van der Waals surface area (Å²) in [6.07, 6.45) is 3.30. The number of aromatic amines is 1. The van der Waals surface area contributed by atoms with Crippen LogP contribution in [0.2, 0.25) is 0 Å². The number of aromatic nitrogens is 2. The molecule has 3 rings (SSSR count). The van der Waals surface area contributed by atoms with E-state index in [4.69, 9.17) is 0 Å². The van der Waals surface area contributed by atoms with Crippen LogP contribution in [0.5, 0.6) is 0 Å². The highest BCUT2D eigenvalue weighted by Crippen LogP contribution is 2.32. The number of hydrogen-bond acceptors (Lipinski definition) is 3. The Hall–Kier alpha value is -1.94. The Labute approximate surface area is 95.4 Å². The molecule has 0 saturated heterocycles. The molecule has 78 valence electrons. The maximum Gasteiger partial charge on any atom is 0.344 e. The first-order valence-electron chi connectivity index (χ1n) is 4.86. The normalized spacial score (nSPS) is 10.8. The zero-order valence-corrected chi connectivity index (χ0v) is 9.12. The molecule has 1 N–H and O–H groups in total. The highest BCUT2D eigenvalue weighted by molar-refractivity contribution is 7.22. The third-order valence-corrected chi connectivity index (χ3v) is 3.55. The van der Waals surface area contributed by atoms with Crippen molar-refractivity contribution in [1.29, 1.82) is 0 Å².